The van der Waals surface area contributed by atoms with E-state index >= 15 is 0 Å². The minimum atomic E-state index is -0.286. The van der Waals surface area contributed by atoms with Crippen LogP contribution in [0.15, 0.2) is 96.3 Å². The molecule has 4 aromatic rings. The van der Waals surface area contributed by atoms with Crippen LogP contribution < -0.4 is 19.7 Å². The van der Waals surface area contributed by atoms with E-state index in [2.05, 4.69) is 57.7 Å². The van der Waals surface area contributed by atoms with E-state index < -0.39 is 0 Å². The summed E-state index contributed by atoms with van der Waals surface area (Å²) in [4.78, 5) is 24.8. The summed E-state index contributed by atoms with van der Waals surface area (Å²) in [7, 11) is 1.69. The average Bonchev–Trinajstić information content (AvgIpc) is 3.23. The Morgan fingerprint density at radius 3 is 2.58 bits per heavy atom. The van der Waals surface area contributed by atoms with Crippen molar-refractivity contribution in [3.63, 3.8) is 0 Å². The van der Waals surface area contributed by atoms with Crippen LogP contribution in [0.4, 0.5) is 17.1 Å². The number of carbonyl (C=O) groups is 1. The van der Waals surface area contributed by atoms with Crippen molar-refractivity contribution in [3.8, 4) is 22.6 Å². The molecule has 1 aromatic heterocycles. The van der Waals surface area contributed by atoms with E-state index in [1.807, 2.05) is 36.4 Å². The molecule has 0 radical (unpaired) electrons. The van der Waals surface area contributed by atoms with Gasteiger partial charge in [-0.2, -0.15) is 0 Å². The summed E-state index contributed by atoms with van der Waals surface area (Å²) in [5.74, 6) is 1.35. The molecule has 1 atom stereocenters. The molecule has 0 spiro atoms. The molecule has 8 heteroatoms. The van der Waals surface area contributed by atoms with Gasteiger partial charge in [-0.3, -0.25) is 14.8 Å². The van der Waals surface area contributed by atoms with Gasteiger partial charge in [-0.1, -0.05) is 18.2 Å². The Bertz CT molecular complexity index is 1740. The van der Waals surface area contributed by atoms with Crippen molar-refractivity contribution in [1.29, 1.82) is 0 Å². The van der Waals surface area contributed by atoms with Crippen LogP contribution in [0.1, 0.15) is 24.0 Å². The summed E-state index contributed by atoms with van der Waals surface area (Å²) in [6.45, 7) is 3.90. The van der Waals surface area contributed by atoms with Crippen molar-refractivity contribution in [3.05, 3.63) is 102 Å². The molecule has 1 fully saturated rings. The zero-order chi connectivity index (χ0) is 30.6. The van der Waals surface area contributed by atoms with Crippen molar-refractivity contribution < 1.29 is 19.0 Å². The molecule has 0 bridgehead atoms. The lowest BCUT2D eigenvalue weighted by Crippen LogP contribution is -2.36. The number of allylic oxidation sites excluding steroid dienone is 2. The van der Waals surface area contributed by atoms with Gasteiger partial charge < -0.3 is 24.4 Å². The highest BCUT2D eigenvalue weighted by Crippen LogP contribution is 2.39. The van der Waals surface area contributed by atoms with Gasteiger partial charge in [0.25, 0.3) is 0 Å². The Balaban J connectivity index is 1.05. The fourth-order valence-electron chi connectivity index (χ4n) is 6.22. The van der Waals surface area contributed by atoms with E-state index in [-0.39, 0.29) is 11.8 Å². The predicted molar refractivity (Wildman–Crippen MR) is 178 cm³/mol. The third-order valence-corrected chi connectivity index (χ3v) is 8.70. The third-order valence-electron chi connectivity index (χ3n) is 8.70. The van der Waals surface area contributed by atoms with Gasteiger partial charge in [0.1, 0.15) is 11.5 Å². The maximum Gasteiger partial charge on any atom is 0.233 e. The summed E-state index contributed by atoms with van der Waals surface area (Å²) in [5.41, 5.74) is 8.87. The van der Waals surface area contributed by atoms with Gasteiger partial charge in [0, 0.05) is 43.2 Å². The molecule has 1 N–H and O–H groups in total. The number of fused-ring (bicyclic) bond motifs is 2. The predicted octanol–water partition coefficient (Wildman–Crippen LogP) is 6.73. The number of pyridine rings is 1. The maximum atomic E-state index is 13.3. The van der Waals surface area contributed by atoms with E-state index in [0.717, 1.165) is 95.6 Å². The zero-order valence-electron chi connectivity index (χ0n) is 25.4. The number of hydrogen-bond acceptors (Lipinski definition) is 7. The topological polar surface area (TPSA) is 85.3 Å². The molecule has 8 nitrogen and oxygen atoms in total. The van der Waals surface area contributed by atoms with Crippen LogP contribution in [0.5, 0.6) is 11.5 Å². The van der Waals surface area contributed by atoms with Crippen LogP contribution in [-0.2, 0) is 16.0 Å². The number of morpholine rings is 1. The normalized spacial score (nSPS) is 17.7. The Morgan fingerprint density at radius 1 is 0.956 bits per heavy atom. The van der Waals surface area contributed by atoms with E-state index in [4.69, 9.17) is 19.2 Å². The number of anilines is 2. The lowest BCUT2D eigenvalue weighted by Gasteiger charge is -2.28. The lowest BCUT2D eigenvalue weighted by molar-refractivity contribution is -0.118. The van der Waals surface area contributed by atoms with E-state index in [1.165, 1.54) is 5.69 Å². The van der Waals surface area contributed by atoms with Gasteiger partial charge >= 0.3 is 0 Å². The molecular weight excluding hydrogens is 564 g/mol. The number of rotatable bonds is 8. The quantitative estimate of drug-likeness (QED) is 0.241. The smallest absolute Gasteiger partial charge is 0.233 e. The minimum absolute atomic E-state index is 0.0119. The number of aliphatic imine (C=N–C) groups is 1. The summed E-state index contributed by atoms with van der Waals surface area (Å²) in [6.07, 6.45) is 7.84. The Morgan fingerprint density at radius 2 is 1.78 bits per heavy atom. The van der Waals surface area contributed by atoms with Crippen molar-refractivity contribution >= 4 is 34.3 Å². The highest BCUT2D eigenvalue weighted by atomic mass is 16.5. The zero-order valence-corrected chi connectivity index (χ0v) is 25.4. The largest absolute Gasteiger partial charge is 0.496 e. The molecule has 1 aliphatic carbocycles. The molecule has 3 aliphatic rings. The molecule has 3 heterocycles. The van der Waals surface area contributed by atoms with Crippen molar-refractivity contribution in [2.45, 2.75) is 19.3 Å². The third kappa shape index (κ3) is 6.33. The van der Waals surface area contributed by atoms with Gasteiger partial charge in [0.15, 0.2) is 0 Å². The molecule has 3 aromatic carbocycles. The van der Waals surface area contributed by atoms with Crippen LogP contribution in [0.3, 0.4) is 0 Å². The molecule has 228 valence electrons. The minimum Gasteiger partial charge on any atom is -0.496 e. The number of nitrogens with one attached hydrogen (secondary N) is 1. The number of methoxy groups -OCH3 is 1. The van der Waals surface area contributed by atoms with Crippen LogP contribution in [-0.4, -0.2) is 56.6 Å². The fraction of sp³-hybridized carbons (Fsp3) is 0.270. The summed E-state index contributed by atoms with van der Waals surface area (Å²) in [5, 5.41) is 3.14. The molecular formula is C37H36N4O4. The number of nitrogens with zero attached hydrogens (tertiary/aromatic N) is 3. The first kappa shape index (κ1) is 28.8. The Hall–Kier alpha value is -4.95. The second kappa shape index (κ2) is 13.0. The van der Waals surface area contributed by atoms with E-state index in [1.54, 1.807) is 19.5 Å². The number of amides is 1. The monoisotopic (exact) mass is 600 g/mol. The first-order chi connectivity index (χ1) is 22.1. The Kier molecular flexibility index (Phi) is 8.29. The van der Waals surface area contributed by atoms with Gasteiger partial charge in [-0.25, -0.2) is 0 Å². The highest BCUT2D eigenvalue weighted by molar-refractivity contribution is 6.19. The van der Waals surface area contributed by atoms with Crippen molar-refractivity contribution in [2.75, 3.05) is 50.2 Å². The van der Waals surface area contributed by atoms with Crippen LogP contribution in [0.2, 0.25) is 0 Å². The molecule has 2 aliphatic heterocycles. The van der Waals surface area contributed by atoms with Gasteiger partial charge in [0.05, 0.1) is 49.9 Å². The SMILES string of the molecule is COc1cc(C2=CC3=Nc4ccc(CCOc5ccc(N6CCOCC6)cc5)cc4NC(=O)C3CC2)ccc1-c1ccncc1. The summed E-state index contributed by atoms with van der Waals surface area (Å²) < 4.78 is 17.3. The average molecular weight is 601 g/mol. The fourth-order valence-corrected chi connectivity index (χ4v) is 6.22. The standard InChI is InChI=1S/C37H36N4O4/c1-43-36-24-28(3-9-31(36)26-12-15-38-16-13-26)27-4-10-32-34(23-27)39-33-11-2-25(22-35(33)40-37(32)42)14-19-45-30-7-5-29(6-8-30)41-17-20-44-21-18-41/h2-3,5-9,11-13,15-16,22-24,32H,4,10,14,17-21H2,1H3,(H,40,42). The van der Waals surface area contributed by atoms with E-state index in [0.29, 0.717) is 13.0 Å². The number of carbonyl (C=O) groups excluding carboxylic acids is 1. The number of benzene rings is 3. The van der Waals surface area contributed by atoms with Crippen LogP contribution >= 0.6 is 0 Å². The van der Waals surface area contributed by atoms with Gasteiger partial charge in [-0.05, 0) is 95.8 Å². The van der Waals surface area contributed by atoms with Crippen molar-refractivity contribution in [1.82, 2.24) is 4.98 Å². The first-order valence-corrected chi connectivity index (χ1v) is 15.5. The number of ether oxygens (including phenoxy) is 3. The van der Waals surface area contributed by atoms with Crippen LogP contribution in [0.25, 0.3) is 16.7 Å². The summed E-state index contributed by atoms with van der Waals surface area (Å²) in [6, 6.07) is 24.5. The lowest BCUT2D eigenvalue weighted by atomic mass is 9.84. The first-order valence-electron chi connectivity index (χ1n) is 15.5. The molecule has 1 amide bonds. The highest BCUT2D eigenvalue weighted by Gasteiger charge is 2.31. The van der Waals surface area contributed by atoms with Crippen molar-refractivity contribution in [2.24, 2.45) is 10.9 Å². The Labute approximate surface area is 263 Å². The second-order valence-electron chi connectivity index (χ2n) is 11.5. The van der Waals surface area contributed by atoms with E-state index in [9.17, 15) is 4.79 Å². The number of hydrogen-bond donors (Lipinski definition) is 1. The van der Waals surface area contributed by atoms with Gasteiger partial charge in [-0.15, -0.1) is 0 Å². The molecule has 0 saturated carbocycles. The summed E-state index contributed by atoms with van der Waals surface area (Å²) >= 11 is 0. The van der Waals surface area contributed by atoms with Crippen LogP contribution in [0, 0.1) is 5.92 Å². The molecule has 45 heavy (non-hydrogen) atoms. The number of aromatic nitrogens is 1. The second-order valence-corrected chi connectivity index (χ2v) is 11.5. The van der Waals surface area contributed by atoms with Gasteiger partial charge in [0.2, 0.25) is 5.91 Å². The molecule has 1 saturated heterocycles. The maximum absolute atomic E-state index is 13.3. The molecule has 7 rings (SSSR count). The molecule has 1 unspecified atom stereocenters.